The zero-order valence-corrected chi connectivity index (χ0v) is 15.7. The Labute approximate surface area is 161 Å². The quantitative estimate of drug-likeness (QED) is 0.369. The van der Waals surface area contributed by atoms with Crippen molar-refractivity contribution in [1.82, 2.24) is 15.2 Å². The molecule has 0 bridgehead atoms. The van der Waals surface area contributed by atoms with Crippen molar-refractivity contribution in [1.29, 1.82) is 0 Å². The lowest BCUT2D eigenvalue weighted by Crippen LogP contribution is -2.43. The summed E-state index contributed by atoms with van der Waals surface area (Å²) < 4.78 is 12.0. The molecule has 2 aromatic rings. The SMILES string of the molecule is CNCCCOCCC(=O)c1cccc2c1oc(=O)n2C1CCC(=O)NC1=O. The Hall–Kier alpha value is -2.78. The van der Waals surface area contributed by atoms with Gasteiger partial charge in [-0.05, 0) is 38.6 Å². The maximum absolute atomic E-state index is 12.6. The fourth-order valence-corrected chi connectivity index (χ4v) is 3.25. The number of piperidine rings is 1. The van der Waals surface area contributed by atoms with Crippen LogP contribution in [0.3, 0.4) is 0 Å². The molecule has 9 heteroatoms. The molecular weight excluding hydrogens is 366 g/mol. The van der Waals surface area contributed by atoms with Crippen molar-refractivity contribution >= 4 is 28.7 Å². The van der Waals surface area contributed by atoms with Gasteiger partial charge in [0.1, 0.15) is 6.04 Å². The van der Waals surface area contributed by atoms with Crippen LogP contribution in [-0.4, -0.2) is 49.0 Å². The number of rotatable bonds is 9. The summed E-state index contributed by atoms with van der Waals surface area (Å²) in [5.41, 5.74) is 0.789. The molecule has 2 N–H and O–H groups in total. The van der Waals surface area contributed by atoms with Crippen LogP contribution in [0.4, 0.5) is 0 Å². The molecule has 1 aromatic carbocycles. The zero-order chi connectivity index (χ0) is 20.1. The topological polar surface area (TPSA) is 120 Å². The number of fused-ring (bicyclic) bond motifs is 1. The summed E-state index contributed by atoms with van der Waals surface area (Å²) in [5.74, 6) is -1.85. The van der Waals surface area contributed by atoms with E-state index in [1.54, 1.807) is 18.2 Å². The largest absolute Gasteiger partial charge is 0.420 e. The number of aromatic nitrogens is 1. The highest BCUT2D eigenvalue weighted by atomic mass is 16.5. The fraction of sp³-hybridized carbons (Fsp3) is 0.474. The van der Waals surface area contributed by atoms with E-state index >= 15 is 0 Å². The van der Waals surface area contributed by atoms with E-state index in [0.29, 0.717) is 12.1 Å². The van der Waals surface area contributed by atoms with Crippen LogP contribution in [0.25, 0.3) is 11.1 Å². The second kappa shape index (κ2) is 8.94. The molecule has 1 aliphatic rings. The molecule has 2 heterocycles. The Kier molecular flexibility index (Phi) is 6.37. The highest BCUT2D eigenvalue weighted by molar-refractivity contribution is 6.06. The van der Waals surface area contributed by atoms with E-state index in [9.17, 15) is 19.2 Å². The van der Waals surface area contributed by atoms with Crippen molar-refractivity contribution in [3.8, 4) is 0 Å². The van der Waals surface area contributed by atoms with Crippen LogP contribution in [0, 0.1) is 0 Å². The van der Waals surface area contributed by atoms with Gasteiger partial charge < -0.3 is 14.5 Å². The first-order valence-corrected chi connectivity index (χ1v) is 9.26. The summed E-state index contributed by atoms with van der Waals surface area (Å²) in [6, 6.07) is 4.01. The number of Topliss-reactive ketones (excluding diaryl/α,β-unsaturated/α-hetero) is 1. The Morgan fingerprint density at radius 2 is 2.14 bits per heavy atom. The predicted octanol–water partition coefficient (Wildman–Crippen LogP) is 0.771. The number of benzene rings is 1. The smallest absolute Gasteiger partial charge is 0.407 e. The van der Waals surface area contributed by atoms with Crippen LogP contribution < -0.4 is 16.4 Å². The van der Waals surface area contributed by atoms with E-state index in [2.05, 4.69) is 10.6 Å². The molecule has 1 aliphatic heterocycles. The maximum atomic E-state index is 12.6. The van der Waals surface area contributed by atoms with E-state index < -0.39 is 17.7 Å². The van der Waals surface area contributed by atoms with E-state index in [1.165, 1.54) is 4.57 Å². The highest BCUT2D eigenvalue weighted by Crippen LogP contribution is 2.25. The van der Waals surface area contributed by atoms with E-state index in [4.69, 9.17) is 9.15 Å². The Balaban J connectivity index is 1.78. The number of para-hydroxylation sites is 1. The number of imide groups is 1. The van der Waals surface area contributed by atoms with Crippen LogP contribution in [0.15, 0.2) is 27.4 Å². The number of nitrogens with one attached hydrogen (secondary N) is 2. The number of carbonyl (C=O) groups is 3. The molecule has 150 valence electrons. The third-order valence-corrected chi connectivity index (χ3v) is 4.65. The molecule has 0 radical (unpaired) electrons. The predicted molar refractivity (Wildman–Crippen MR) is 100 cm³/mol. The van der Waals surface area contributed by atoms with Gasteiger partial charge in [-0.25, -0.2) is 4.79 Å². The minimum Gasteiger partial charge on any atom is -0.407 e. The number of ketones is 1. The van der Waals surface area contributed by atoms with Gasteiger partial charge in [0.05, 0.1) is 17.7 Å². The second-order valence-electron chi connectivity index (χ2n) is 6.60. The molecule has 1 saturated heterocycles. The van der Waals surface area contributed by atoms with E-state index in [-0.39, 0.29) is 48.7 Å². The Morgan fingerprint density at radius 1 is 1.32 bits per heavy atom. The number of ether oxygens (including phenoxy) is 1. The number of carbonyl (C=O) groups excluding carboxylic acids is 3. The van der Waals surface area contributed by atoms with Gasteiger partial charge in [0.25, 0.3) is 0 Å². The number of hydrogen-bond donors (Lipinski definition) is 2. The Morgan fingerprint density at radius 3 is 2.89 bits per heavy atom. The van der Waals surface area contributed by atoms with E-state index in [1.807, 2.05) is 7.05 Å². The van der Waals surface area contributed by atoms with Gasteiger partial charge in [0.15, 0.2) is 11.4 Å². The average molecular weight is 389 g/mol. The lowest BCUT2D eigenvalue weighted by molar-refractivity contribution is -0.135. The zero-order valence-electron chi connectivity index (χ0n) is 15.7. The van der Waals surface area contributed by atoms with Gasteiger partial charge in [0, 0.05) is 19.4 Å². The number of oxazole rings is 1. The van der Waals surface area contributed by atoms with Gasteiger partial charge in [0.2, 0.25) is 11.8 Å². The van der Waals surface area contributed by atoms with Crippen LogP contribution in [-0.2, 0) is 14.3 Å². The molecule has 1 aromatic heterocycles. The molecule has 3 rings (SSSR count). The van der Waals surface area contributed by atoms with Gasteiger partial charge in [-0.3, -0.25) is 24.3 Å². The lowest BCUT2D eigenvalue weighted by atomic mass is 10.0. The first-order chi connectivity index (χ1) is 13.5. The van der Waals surface area contributed by atoms with Crippen molar-refractivity contribution in [3.63, 3.8) is 0 Å². The molecule has 9 nitrogen and oxygen atoms in total. The molecule has 0 aliphatic carbocycles. The van der Waals surface area contributed by atoms with Crippen LogP contribution in [0.2, 0.25) is 0 Å². The van der Waals surface area contributed by atoms with Gasteiger partial charge >= 0.3 is 5.76 Å². The highest BCUT2D eigenvalue weighted by Gasteiger charge is 2.32. The minimum atomic E-state index is -0.840. The van der Waals surface area contributed by atoms with Crippen LogP contribution in [0.5, 0.6) is 0 Å². The standard InChI is InChI=1S/C19H23N3O6/c1-20-9-3-10-27-11-8-15(23)12-4-2-5-13-17(12)28-19(26)22(13)14-6-7-16(24)21-18(14)25/h2,4-5,14,20H,3,6-11H2,1H3,(H,21,24,25). The first kappa shape index (κ1) is 20.0. The summed E-state index contributed by atoms with van der Waals surface area (Å²) in [5, 5.41) is 5.24. The Bertz CT molecular complexity index is 945. The van der Waals surface area contributed by atoms with Crippen LogP contribution in [0.1, 0.15) is 42.1 Å². The molecule has 1 fully saturated rings. The van der Waals surface area contributed by atoms with Crippen molar-refractivity contribution in [2.24, 2.45) is 0 Å². The number of hydrogen-bond acceptors (Lipinski definition) is 7. The lowest BCUT2D eigenvalue weighted by Gasteiger charge is -2.21. The number of amides is 2. The van der Waals surface area contributed by atoms with Crippen LogP contribution >= 0.6 is 0 Å². The molecule has 0 spiro atoms. The third-order valence-electron chi connectivity index (χ3n) is 4.65. The third kappa shape index (κ3) is 4.20. The van der Waals surface area contributed by atoms with Crippen molar-refractivity contribution in [2.75, 3.05) is 26.8 Å². The summed E-state index contributed by atoms with van der Waals surface area (Å²) in [4.78, 5) is 48.5. The average Bonchev–Trinajstić information content (AvgIpc) is 3.00. The van der Waals surface area contributed by atoms with Gasteiger partial charge in [-0.1, -0.05) is 6.07 Å². The summed E-state index contributed by atoms with van der Waals surface area (Å²) >= 11 is 0. The molecule has 2 amide bonds. The fourth-order valence-electron chi connectivity index (χ4n) is 3.25. The molecule has 1 unspecified atom stereocenters. The van der Waals surface area contributed by atoms with E-state index in [0.717, 1.165) is 13.0 Å². The molecular formula is C19H23N3O6. The molecule has 28 heavy (non-hydrogen) atoms. The molecule has 1 atom stereocenters. The monoisotopic (exact) mass is 389 g/mol. The summed E-state index contributed by atoms with van der Waals surface area (Å²) in [6.45, 7) is 1.67. The van der Waals surface area contributed by atoms with Crippen molar-refractivity contribution in [2.45, 2.75) is 31.7 Å². The summed E-state index contributed by atoms with van der Waals surface area (Å²) in [7, 11) is 1.86. The number of nitrogens with zero attached hydrogens (tertiary/aromatic N) is 1. The summed E-state index contributed by atoms with van der Waals surface area (Å²) in [6.07, 6.45) is 1.35. The second-order valence-corrected chi connectivity index (χ2v) is 6.60. The van der Waals surface area contributed by atoms with Crippen molar-refractivity contribution < 1.29 is 23.5 Å². The van der Waals surface area contributed by atoms with Gasteiger partial charge in [-0.15, -0.1) is 0 Å². The van der Waals surface area contributed by atoms with Crippen molar-refractivity contribution in [3.05, 3.63) is 34.3 Å². The van der Waals surface area contributed by atoms with Gasteiger partial charge in [-0.2, -0.15) is 0 Å². The minimum absolute atomic E-state index is 0.138. The maximum Gasteiger partial charge on any atom is 0.420 e. The first-order valence-electron chi connectivity index (χ1n) is 9.26. The normalized spacial score (nSPS) is 17.1. The molecule has 0 saturated carbocycles.